The minimum absolute atomic E-state index is 0.367. The molecule has 0 aliphatic heterocycles. The Morgan fingerprint density at radius 1 is 1.08 bits per heavy atom. The molecule has 0 fully saturated rings. The molecule has 0 heterocycles. The average molecular weight is 347 g/mol. The number of carbonyl (C=O) groups excluding carboxylic acids is 1. The van der Waals surface area contributed by atoms with Gasteiger partial charge in [0.1, 0.15) is 6.10 Å². The minimum atomic E-state index is -0.685. The zero-order chi connectivity index (χ0) is 18.3. The maximum atomic E-state index is 12.2. The van der Waals surface area contributed by atoms with E-state index in [0.717, 1.165) is 12.8 Å². The van der Waals surface area contributed by atoms with Crippen molar-refractivity contribution in [2.45, 2.75) is 83.3 Å². The van der Waals surface area contributed by atoms with E-state index in [0.29, 0.717) is 18.4 Å². The number of ether oxygens (including phenoxy) is 1. The van der Waals surface area contributed by atoms with Crippen molar-refractivity contribution in [3.63, 3.8) is 0 Å². The van der Waals surface area contributed by atoms with Gasteiger partial charge in [0.15, 0.2) is 0 Å². The van der Waals surface area contributed by atoms with Gasteiger partial charge in [0.2, 0.25) is 0 Å². The number of rotatable bonds is 14. The zero-order valence-electron chi connectivity index (χ0n) is 15.7. The number of hydrogen-bond donors (Lipinski definition) is 1. The molecule has 0 radical (unpaired) electrons. The predicted octanol–water partition coefficient (Wildman–Crippen LogP) is 5.68. The van der Waals surface area contributed by atoms with Crippen molar-refractivity contribution in [1.82, 2.24) is 0 Å². The van der Waals surface area contributed by atoms with Crippen molar-refractivity contribution < 1.29 is 14.6 Å². The molecule has 1 N–H and O–H groups in total. The Bertz CT molecular complexity index is 469. The number of unbranched alkanes of at least 4 members (excludes halogenated alkanes) is 7. The van der Waals surface area contributed by atoms with Gasteiger partial charge in [0.25, 0.3) is 0 Å². The van der Waals surface area contributed by atoms with E-state index in [9.17, 15) is 9.90 Å². The molecule has 0 aliphatic rings. The highest BCUT2D eigenvalue weighted by molar-refractivity contribution is 5.89. The van der Waals surface area contributed by atoms with Gasteiger partial charge < -0.3 is 9.84 Å². The van der Waals surface area contributed by atoms with Gasteiger partial charge in [0.05, 0.1) is 11.7 Å². The van der Waals surface area contributed by atoms with Crippen LogP contribution >= 0.6 is 0 Å². The van der Waals surface area contributed by atoms with Crippen molar-refractivity contribution in [2.75, 3.05) is 0 Å². The molecule has 1 aromatic carbocycles. The second-order valence-corrected chi connectivity index (χ2v) is 6.67. The predicted molar refractivity (Wildman–Crippen MR) is 104 cm³/mol. The van der Waals surface area contributed by atoms with Gasteiger partial charge in [-0.1, -0.05) is 76.1 Å². The van der Waals surface area contributed by atoms with Gasteiger partial charge in [-0.15, -0.1) is 6.58 Å². The number of hydrogen-bond acceptors (Lipinski definition) is 3. The number of benzene rings is 1. The van der Waals surface area contributed by atoms with Gasteiger partial charge in [-0.3, -0.25) is 0 Å². The highest BCUT2D eigenvalue weighted by Gasteiger charge is 2.22. The summed E-state index contributed by atoms with van der Waals surface area (Å²) in [6, 6.07) is 8.95. The Balaban J connectivity index is 2.37. The third kappa shape index (κ3) is 9.45. The summed E-state index contributed by atoms with van der Waals surface area (Å²) in [7, 11) is 0. The quantitative estimate of drug-likeness (QED) is 0.268. The topological polar surface area (TPSA) is 46.5 Å². The summed E-state index contributed by atoms with van der Waals surface area (Å²) in [5, 5.41) is 10.3. The second kappa shape index (κ2) is 13.7. The van der Waals surface area contributed by atoms with Crippen LogP contribution in [0.3, 0.4) is 0 Å². The van der Waals surface area contributed by atoms with E-state index in [1.165, 1.54) is 38.5 Å². The van der Waals surface area contributed by atoms with E-state index in [2.05, 4.69) is 13.5 Å². The second-order valence-electron chi connectivity index (χ2n) is 6.67. The first-order valence-electron chi connectivity index (χ1n) is 9.74. The third-order valence-corrected chi connectivity index (χ3v) is 4.45. The van der Waals surface area contributed by atoms with Crippen molar-refractivity contribution >= 4 is 5.97 Å². The molecule has 2 atom stereocenters. The summed E-state index contributed by atoms with van der Waals surface area (Å²) in [5.74, 6) is -0.367. The van der Waals surface area contributed by atoms with Gasteiger partial charge >= 0.3 is 5.97 Å². The summed E-state index contributed by atoms with van der Waals surface area (Å²) in [6.07, 6.45) is 11.4. The first-order valence-corrected chi connectivity index (χ1v) is 9.74. The zero-order valence-corrected chi connectivity index (χ0v) is 15.7. The van der Waals surface area contributed by atoms with Gasteiger partial charge in [-0.25, -0.2) is 4.79 Å². The lowest BCUT2D eigenvalue weighted by molar-refractivity contribution is -0.0212. The lowest BCUT2D eigenvalue weighted by Gasteiger charge is -2.22. The largest absolute Gasteiger partial charge is 0.456 e. The molecule has 3 heteroatoms. The number of esters is 1. The van der Waals surface area contributed by atoms with Crippen molar-refractivity contribution in [3.05, 3.63) is 48.6 Å². The van der Waals surface area contributed by atoms with Crippen LogP contribution in [0.25, 0.3) is 0 Å². The van der Waals surface area contributed by atoms with Crippen LogP contribution in [-0.2, 0) is 4.74 Å². The fourth-order valence-corrected chi connectivity index (χ4v) is 2.91. The van der Waals surface area contributed by atoms with E-state index in [-0.39, 0.29) is 5.97 Å². The van der Waals surface area contributed by atoms with Crippen molar-refractivity contribution in [2.24, 2.45) is 0 Å². The lowest BCUT2D eigenvalue weighted by Crippen LogP contribution is -2.31. The maximum Gasteiger partial charge on any atom is 0.338 e. The molecule has 0 unspecified atom stereocenters. The Morgan fingerprint density at radius 3 is 2.28 bits per heavy atom. The number of aliphatic hydroxyl groups excluding tert-OH is 1. The van der Waals surface area contributed by atoms with Crippen LogP contribution in [0.5, 0.6) is 0 Å². The minimum Gasteiger partial charge on any atom is -0.456 e. The summed E-state index contributed by atoms with van der Waals surface area (Å²) >= 11 is 0. The van der Waals surface area contributed by atoms with E-state index in [1.54, 1.807) is 18.2 Å². The highest BCUT2D eigenvalue weighted by atomic mass is 16.6. The number of aliphatic hydroxyl groups is 1. The molecule has 0 bridgehead atoms. The van der Waals surface area contributed by atoms with Crippen LogP contribution in [0.15, 0.2) is 43.0 Å². The van der Waals surface area contributed by atoms with E-state index in [4.69, 9.17) is 4.74 Å². The molecule has 25 heavy (non-hydrogen) atoms. The third-order valence-electron chi connectivity index (χ3n) is 4.45. The summed E-state index contributed by atoms with van der Waals surface area (Å²) in [4.78, 5) is 12.2. The molecular formula is C22H34O3. The van der Waals surface area contributed by atoms with Crippen LogP contribution in [0, 0.1) is 0 Å². The van der Waals surface area contributed by atoms with E-state index < -0.39 is 12.2 Å². The van der Waals surface area contributed by atoms with Gasteiger partial charge in [-0.05, 0) is 31.4 Å². The van der Waals surface area contributed by atoms with Crippen molar-refractivity contribution in [3.8, 4) is 0 Å². The monoisotopic (exact) mass is 346 g/mol. The molecule has 1 rings (SSSR count). The highest BCUT2D eigenvalue weighted by Crippen LogP contribution is 2.17. The van der Waals surface area contributed by atoms with Gasteiger partial charge in [0, 0.05) is 0 Å². The van der Waals surface area contributed by atoms with E-state index in [1.807, 2.05) is 18.2 Å². The summed E-state index contributed by atoms with van der Waals surface area (Å²) in [6.45, 7) is 5.89. The fourth-order valence-electron chi connectivity index (χ4n) is 2.91. The molecule has 0 spiro atoms. The van der Waals surface area contributed by atoms with Crippen LogP contribution in [0.4, 0.5) is 0 Å². The van der Waals surface area contributed by atoms with Crippen LogP contribution in [0.1, 0.15) is 81.5 Å². The molecule has 0 aromatic heterocycles. The molecule has 0 aliphatic carbocycles. The van der Waals surface area contributed by atoms with E-state index >= 15 is 0 Å². The van der Waals surface area contributed by atoms with Crippen LogP contribution < -0.4 is 0 Å². The molecule has 1 aromatic rings. The normalized spacial score (nSPS) is 13.2. The molecule has 140 valence electrons. The molecular weight excluding hydrogens is 312 g/mol. The van der Waals surface area contributed by atoms with Crippen molar-refractivity contribution in [1.29, 1.82) is 0 Å². The number of carbonyl (C=O) groups is 1. The molecule has 0 saturated heterocycles. The van der Waals surface area contributed by atoms with Crippen LogP contribution in [0.2, 0.25) is 0 Å². The molecule has 0 amide bonds. The first-order chi connectivity index (χ1) is 12.2. The Hall–Kier alpha value is -1.61. The molecule has 0 saturated carbocycles. The molecule has 3 nitrogen and oxygen atoms in total. The summed E-state index contributed by atoms with van der Waals surface area (Å²) in [5.41, 5.74) is 0.522. The lowest BCUT2D eigenvalue weighted by atomic mass is 10.0. The SMILES string of the molecule is C=CC[C@@H](O)[C@H](CCCCCCCCCC)OC(=O)c1ccccc1. The Kier molecular flexibility index (Phi) is 11.7. The standard InChI is InChI=1S/C22H34O3/c1-3-5-6-7-8-9-10-14-18-21(20(23)15-4-2)25-22(24)19-16-12-11-13-17-19/h4,11-13,16-17,20-21,23H,2-3,5-10,14-15,18H2,1H3/t20-,21+/m1/s1. The Labute approximate surface area is 153 Å². The smallest absolute Gasteiger partial charge is 0.338 e. The van der Waals surface area contributed by atoms with Crippen LogP contribution in [-0.4, -0.2) is 23.3 Å². The Morgan fingerprint density at radius 2 is 1.68 bits per heavy atom. The van der Waals surface area contributed by atoms with Gasteiger partial charge in [-0.2, -0.15) is 0 Å². The first kappa shape index (κ1) is 21.4. The average Bonchev–Trinajstić information content (AvgIpc) is 2.63. The summed E-state index contributed by atoms with van der Waals surface area (Å²) < 4.78 is 5.57. The maximum absolute atomic E-state index is 12.2. The fraction of sp³-hybridized carbons (Fsp3) is 0.591.